The Morgan fingerprint density at radius 3 is 1.27 bits per heavy atom. The predicted octanol–water partition coefficient (Wildman–Crippen LogP) is 12.6. The summed E-state index contributed by atoms with van der Waals surface area (Å²) in [7, 11) is -3.91. The van der Waals surface area contributed by atoms with Crippen LogP contribution in [0.25, 0.3) is 0 Å². The molecule has 2 atom stereocenters. The van der Waals surface area contributed by atoms with Gasteiger partial charge in [0.15, 0.2) is 57.6 Å². The Morgan fingerprint density at radius 1 is 0.586 bits per heavy atom. The van der Waals surface area contributed by atoms with Crippen molar-refractivity contribution in [3.05, 3.63) is 105 Å². The van der Waals surface area contributed by atoms with Crippen molar-refractivity contribution in [2.75, 3.05) is 26.4 Å². The number of aromatic carboxylic acids is 1. The van der Waals surface area contributed by atoms with E-state index in [4.69, 9.17) is 32.9 Å². The molecule has 0 saturated carbocycles. The average Bonchev–Trinajstić information content (AvgIpc) is 3.28. The molecule has 6 rings (SSSR count). The number of ether oxygens (including phenoxy) is 5. The first-order valence-corrected chi connectivity index (χ1v) is 26.8. The monoisotopic (exact) mass is 1040 g/mol. The zero-order chi connectivity index (χ0) is 52.5. The maximum atomic E-state index is 13.9. The summed E-state index contributed by atoms with van der Waals surface area (Å²) in [5.41, 5.74) is 0.839. The van der Waals surface area contributed by atoms with Crippen molar-refractivity contribution in [3.8, 4) is 34.5 Å². The molecule has 2 N–H and O–H groups in total. The summed E-state index contributed by atoms with van der Waals surface area (Å²) in [6.45, 7) is 25.9. The molecule has 4 aromatic rings. The Kier molecular flexibility index (Phi) is 18.7. The van der Waals surface area contributed by atoms with Gasteiger partial charge in [-0.1, -0.05) is 49.0 Å². The Labute approximate surface area is 400 Å². The largest absolute Gasteiger partial charge is 0.503 e. The smallest absolute Gasteiger partial charge is 0.344 e. The van der Waals surface area contributed by atoms with Crippen LogP contribution in [0, 0.1) is 72.0 Å². The van der Waals surface area contributed by atoms with Crippen LogP contribution in [0.2, 0.25) is 36.3 Å². The van der Waals surface area contributed by atoms with Gasteiger partial charge in [0.1, 0.15) is 13.2 Å². The lowest BCUT2D eigenvalue weighted by Gasteiger charge is -2.38. The molecule has 0 aromatic heterocycles. The minimum Gasteiger partial charge on any atom is -0.503 e. The van der Waals surface area contributed by atoms with E-state index in [9.17, 15) is 58.6 Å². The van der Waals surface area contributed by atoms with Gasteiger partial charge in [0.2, 0.25) is 63.9 Å². The fraction of sp³-hybridized carbons (Fsp3) is 0.447. The van der Waals surface area contributed by atoms with Gasteiger partial charge < -0.3 is 42.7 Å². The number of phenols is 1. The third-order valence-electron chi connectivity index (χ3n) is 12.0. The molecule has 0 bridgehead atoms. The van der Waals surface area contributed by atoms with Crippen molar-refractivity contribution < 1.29 is 96.2 Å². The quantitative estimate of drug-likeness (QED) is 0.0414. The number of hydrogen-bond donors (Lipinski definition) is 2. The maximum Gasteiger partial charge on any atom is 0.344 e. The number of carbonyl (C=O) groups excluding carboxylic acids is 1. The van der Waals surface area contributed by atoms with Gasteiger partial charge in [-0.15, -0.1) is 0 Å². The fourth-order valence-electron chi connectivity index (χ4n) is 5.69. The number of esters is 1. The van der Waals surface area contributed by atoms with E-state index in [0.717, 1.165) is 0 Å². The number of hydrogen-bond acceptors (Lipinski definition) is 10. The van der Waals surface area contributed by atoms with Gasteiger partial charge in [0, 0.05) is 11.1 Å². The Bertz CT molecular complexity index is 2470. The molecular weight excluding hydrogens is 987 g/mol. The van der Waals surface area contributed by atoms with E-state index in [2.05, 4.69) is 72.5 Å². The second-order valence-electron chi connectivity index (χ2n) is 18.9. The highest BCUT2D eigenvalue weighted by Gasteiger charge is 2.40. The topological polar surface area (TPSA) is 139 Å². The molecule has 0 aliphatic carbocycles. The van der Waals surface area contributed by atoms with E-state index >= 15 is 0 Å². The summed E-state index contributed by atoms with van der Waals surface area (Å²) in [4.78, 5) is 23.8. The summed E-state index contributed by atoms with van der Waals surface area (Å²) in [5, 5.41) is 17.6. The SMILES string of the molecule is C.Cc1c(C(=O)O)ccc2c1O[C@@H](CO[Si](C)(C)C(C)(C)C)CO2.Cc1c(C(=O)Oc2c(F)c(F)c(F)c(F)c2F)ccc2c1O[C@@H](CO[Si](C)(C)C(C)(C)C)CO2.Oc1c(F)c(F)c(F)c(F)c1F. The molecule has 2 heterocycles. The molecule has 388 valence electrons. The van der Waals surface area contributed by atoms with E-state index in [1.807, 2.05) is 0 Å². The summed E-state index contributed by atoms with van der Waals surface area (Å²) >= 11 is 0. The molecule has 11 nitrogen and oxygen atoms in total. The number of carboxylic acid groups (broad SMARTS) is 1. The van der Waals surface area contributed by atoms with E-state index in [1.54, 1.807) is 19.1 Å². The lowest BCUT2D eigenvalue weighted by molar-refractivity contribution is 0.0480. The number of carboxylic acids is 1. The van der Waals surface area contributed by atoms with Crippen LogP contribution in [-0.4, -0.2) is 77.4 Å². The molecule has 23 heteroatoms. The molecule has 0 spiro atoms. The Morgan fingerprint density at radius 2 is 0.914 bits per heavy atom. The average molecular weight is 1040 g/mol. The predicted molar refractivity (Wildman–Crippen MR) is 241 cm³/mol. The van der Waals surface area contributed by atoms with Crippen LogP contribution in [0.1, 0.15) is 80.8 Å². The zero-order valence-electron chi connectivity index (χ0n) is 39.6. The van der Waals surface area contributed by atoms with Crippen molar-refractivity contribution in [2.45, 2.75) is 111 Å². The molecule has 0 saturated heterocycles. The van der Waals surface area contributed by atoms with Crippen molar-refractivity contribution in [2.24, 2.45) is 0 Å². The molecule has 2 aliphatic heterocycles. The zero-order valence-corrected chi connectivity index (χ0v) is 41.6. The minimum atomic E-state index is -2.35. The van der Waals surface area contributed by atoms with E-state index < -0.39 is 104 Å². The van der Waals surface area contributed by atoms with Crippen molar-refractivity contribution in [1.29, 1.82) is 0 Å². The summed E-state index contributed by atoms with van der Waals surface area (Å²) in [6.07, 6.45) is -0.707. The highest BCUT2D eigenvalue weighted by molar-refractivity contribution is 6.74. The molecular formula is C47H56F10O11Si2. The standard InChI is InChI=1S/C23H25F5O5Si.C17H26O5Si.C6HF5O.CH4/c1-11-13(22(29)33-21-18(27)16(25)15(24)17(26)19(21)28)7-8-14-20(11)32-12(9-30-14)10-31-34(5,6)23(2,3)4;1-11-13(16(18)19)7-8-14-15(11)22-12(9-20-14)10-21-23(5,6)17(2,3)4;7-1-2(8)4(10)6(12)5(11)3(1)9;/h7-8,12H,9-10H2,1-6H3;7-8,12H,9-10H2,1-6H3,(H,18,19);12H;1H4/t2*12-;;/m11../s1. The number of benzene rings is 4. The third kappa shape index (κ3) is 12.7. The van der Waals surface area contributed by atoms with Crippen LogP contribution >= 0.6 is 0 Å². The highest BCUT2D eigenvalue weighted by Crippen LogP contribution is 2.42. The molecule has 4 aromatic carbocycles. The second kappa shape index (κ2) is 22.3. The van der Waals surface area contributed by atoms with E-state index in [0.29, 0.717) is 36.0 Å². The van der Waals surface area contributed by atoms with Crippen molar-refractivity contribution in [3.63, 3.8) is 0 Å². The number of carbonyl (C=O) groups is 2. The van der Waals surface area contributed by atoms with Gasteiger partial charge in [-0.05, 0) is 74.4 Å². The molecule has 0 radical (unpaired) electrons. The normalized spacial score (nSPS) is 15.4. The first kappa shape index (κ1) is 58.8. The summed E-state index contributed by atoms with van der Waals surface area (Å²) in [5.74, 6) is -26.6. The highest BCUT2D eigenvalue weighted by atomic mass is 28.4. The van der Waals surface area contributed by atoms with Gasteiger partial charge in [-0.2, -0.15) is 17.6 Å². The van der Waals surface area contributed by atoms with Gasteiger partial charge in [-0.25, -0.2) is 35.9 Å². The summed E-state index contributed by atoms with van der Waals surface area (Å²) in [6, 6.07) is 5.84. The molecule has 2 aliphatic rings. The second-order valence-corrected chi connectivity index (χ2v) is 28.5. The summed E-state index contributed by atoms with van der Waals surface area (Å²) < 4.78 is 169. The first-order valence-electron chi connectivity index (χ1n) is 21.0. The van der Waals surface area contributed by atoms with Gasteiger partial charge in [0.05, 0.1) is 24.3 Å². The number of halogens is 10. The van der Waals surface area contributed by atoms with Gasteiger partial charge in [0.25, 0.3) is 0 Å². The van der Waals surface area contributed by atoms with E-state index in [1.165, 1.54) is 19.1 Å². The van der Waals surface area contributed by atoms with Gasteiger partial charge >= 0.3 is 11.9 Å². The Hall–Kier alpha value is -5.53. The first-order chi connectivity index (χ1) is 31.6. The van der Waals surface area contributed by atoms with Crippen LogP contribution < -0.4 is 23.7 Å². The van der Waals surface area contributed by atoms with Crippen molar-refractivity contribution in [1.82, 2.24) is 0 Å². The van der Waals surface area contributed by atoms with Crippen molar-refractivity contribution >= 4 is 28.6 Å². The fourth-order valence-corrected chi connectivity index (χ4v) is 7.76. The van der Waals surface area contributed by atoms with Crippen LogP contribution in [0.5, 0.6) is 34.5 Å². The number of fused-ring (bicyclic) bond motifs is 2. The van der Waals surface area contributed by atoms with Crippen LogP contribution in [0.3, 0.4) is 0 Å². The number of aromatic hydroxyl groups is 1. The molecule has 70 heavy (non-hydrogen) atoms. The molecule has 0 unspecified atom stereocenters. The molecule has 0 fully saturated rings. The van der Waals surface area contributed by atoms with E-state index in [-0.39, 0.29) is 59.3 Å². The Balaban J connectivity index is 0.000000309. The van der Waals surface area contributed by atoms with Gasteiger partial charge in [-0.3, -0.25) is 0 Å². The van der Waals surface area contributed by atoms with Crippen LogP contribution in [-0.2, 0) is 8.85 Å². The minimum absolute atomic E-state index is 0. The third-order valence-corrected chi connectivity index (χ3v) is 21.0. The lowest BCUT2D eigenvalue weighted by atomic mass is 10.1. The lowest BCUT2D eigenvalue weighted by Crippen LogP contribution is -2.45. The molecule has 0 amide bonds. The number of phenolic OH excluding ortho intramolecular Hbond substituents is 1. The van der Waals surface area contributed by atoms with Crippen LogP contribution in [0.4, 0.5) is 43.9 Å². The number of rotatable bonds is 9. The van der Waals surface area contributed by atoms with Crippen LogP contribution in [0.15, 0.2) is 24.3 Å². The maximum absolute atomic E-state index is 13.9.